The van der Waals surface area contributed by atoms with Crippen LogP contribution < -0.4 is 24.8 Å². The van der Waals surface area contributed by atoms with Crippen LogP contribution in [0, 0.1) is 0 Å². The van der Waals surface area contributed by atoms with Crippen LogP contribution in [0.3, 0.4) is 0 Å². The number of anilines is 3. The minimum absolute atomic E-state index is 0.0986. The van der Waals surface area contributed by atoms with Crippen LogP contribution in [-0.4, -0.2) is 23.8 Å². The molecule has 1 aliphatic rings. The van der Waals surface area contributed by atoms with Crippen molar-refractivity contribution in [1.29, 1.82) is 0 Å². The van der Waals surface area contributed by atoms with E-state index < -0.39 is 0 Å². The van der Waals surface area contributed by atoms with Crippen molar-refractivity contribution in [3.05, 3.63) is 66.5 Å². The van der Waals surface area contributed by atoms with Crippen LogP contribution in [0.2, 0.25) is 0 Å². The van der Waals surface area contributed by atoms with Crippen molar-refractivity contribution in [3.63, 3.8) is 0 Å². The molecule has 0 unspecified atom stereocenters. The molecular formula is C22H21N3O4. The lowest BCUT2D eigenvalue weighted by Crippen LogP contribution is -2.12. The first-order chi connectivity index (χ1) is 14.1. The first-order valence-electron chi connectivity index (χ1n) is 9.26. The van der Waals surface area contributed by atoms with Crippen LogP contribution in [-0.2, 0) is 0 Å². The summed E-state index contributed by atoms with van der Waals surface area (Å²) in [6.45, 7) is 4.15. The van der Waals surface area contributed by atoms with Gasteiger partial charge >= 0.3 is 0 Å². The highest BCUT2D eigenvalue weighted by Crippen LogP contribution is 2.35. The van der Waals surface area contributed by atoms with E-state index in [-0.39, 0.29) is 18.8 Å². The zero-order chi connectivity index (χ0) is 20.2. The van der Waals surface area contributed by atoms with Crippen LogP contribution >= 0.6 is 0 Å². The number of carbonyl (C=O) groups excluding carboxylic acids is 1. The van der Waals surface area contributed by atoms with E-state index in [1.165, 1.54) is 6.20 Å². The van der Waals surface area contributed by atoms with E-state index in [1.54, 1.807) is 24.4 Å². The minimum atomic E-state index is -0.246. The smallest absolute Gasteiger partial charge is 0.257 e. The Bertz CT molecular complexity index is 1020. The van der Waals surface area contributed by atoms with Crippen molar-refractivity contribution in [2.45, 2.75) is 20.0 Å². The second-order valence-electron chi connectivity index (χ2n) is 6.80. The molecule has 0 saturated carbocycles. The second-order valence-corrected chi connectivity index (χ2v) is 6.80. The molecule has 0 fully saturated rings. The fraction of sp³-hybridized carbons (Fsp3) is 0.182. The predicted octanol–water partition coefficient (Wildman–Crippen LogP) is 4.59. The fourth-order valence-corrected chi connectivity index (χ4v) is 2.87. The summed E-state index contributed by atoms with van der Waals surface area (Å²) in [7, 11) is 0. The average molecular weight is 391 g/mol. The number of amides is 1. The number of carbonyl (C=O) groups is 1. The monoisotopic (exact) mass is 391 g/mol. The number of nitrogens with zero attached hydrogens (tertiary/aromatic N) is 1. The third-order valence-corrected chi connectivity index (χ3v) is 4.15. The number of fused-ring (bicyclic) bond motifs is 1. The molecule has 1 aromatic heterocycles. The number of nitrogens with one attached hydrogen (secondary N) is 2. The number of rotatable bonds is 6. The second kappa shape index (κ2) is 8.10. The molecule has 3 aromatic rings. The maximum Gasteiger partial charge on any atom is 0.257 e. The summed E-state index contributed by atoms with van der Waals surface area (Å²) >= 11 is 0. The van der Waals surface area contributed by atoms with Gasteiger partial charge < -0.3 is 24.8 Å². The van der Waals surface area contributed by atoms with Crippen molar-refractivity contribution in [1.82, 2.24) is 4.98 Å². The summed E-state index contributed by atoms with van der Waals surface area (Å²) in [5, 5.41) is 6.09. The van der Waals surface area contributed by atoms with Crippen molar-refractivity contribution < 1.29 is 19.0 Å². The van der Waals surface area contributed by atoms with E-state index in [4.69, 9.17) is 14.2 Å². The fourth-order valence-electron chi connectivity index (χ4n) is 2.87. The van der Waals surface area contributed by atoms with E-state index in [0.717, 1.165) is 11.4 Å². The lowest BCUT2D eigenvalue weighted by molar-refractivity contribution is 0.102. The van der Waals surface area contributed by atoms with Gasteiger partial charge in [0.2, 0.25) is 6.79 Å². The predicted molar refractivity (Wildman–Crippen MR) is 110 cm³/mol. The van der Waals surface area contributed by atoms with Crippen molar-refractivity contribution in [2.75, 3.05) is 17.4 Å². The van der Waals surface area contributed by atoms with Crippen LogP contribution in [0.5, 0.6) is 17.2 Å². The lowest BCUT2D eigenvalue weighted by atomic mass is 10.2. The molecule has 7 nitrogen and oxygen atoms in total. The van der Waals surface area contributed by atoms with Crippen LogP contribution in [0.15, 0.2) is 60.9 Å². The van der Waals surface area contributed by atoms with E-state index in [2.05, 4.69) is 15.6 Å². The van der Waals surface area contributed by atoms with E-state index in [0.29, 0.717) is 28.4 Å². The number of hydrogen-bond donors (Lipinski definition) is 2. The SMILES string of the molecule is CC(C)Oc1ccc(NC(=O)c2cncc(Nc3ccc4c(c3)OCO4)c2)cc1. The van der Waals surface area contributed by atoms with E-state index in [1.807, 2.05) is 44.2 Å². The highest BCUT2D eigenvalue weighted by atomic mass is 16.7. The normalized spacial score (nSPS) is 12.0. The highest BCUT2D eigenvalue weighted by Gasteiger charge is 2.14. The first kappa shape index (κ1) is 18.6. The largest absolute Gasteiger partial charge is 0.491 e. The van der Waals surface area contributed by atoms with Crippen LogP contribution in [0.1, 0.15) is 24.2 Å². The van der Waals surface area contributed by atoms with Crippen LogP contribution in [0.4, 0.5) is 17.1 Å². The number of benzene rings is 2. The maximum atomic E-state index is 12.6. The quantitative estimate of drug-likeness (QED) is 0.639. The molecule has 1 aliphatic heterocycles. The molecule has 7 heteroatoms. The van der Waals surface area contributed by atoms with Gasteiger partial charge in [-0.15, -0.1) is 0 Å². The van der Waals surface area contributed by atoms with Crippen molar-refractivity contribution >= 4 is 23.0 Å². The Balaban J connectivity index is 1.43. The zero-order valence-corrected chi connectivity index (χ0v) is 16.1. The molecule has 1 amide bonds. The summed E-state index contributed by atoms with van der Waals surface area (Å²) < 4.78 is 16.3. The summed E-state index contributed by atoms with van der Waals surface area (Å²) in [4.78, 5) is 16.8. The Kier molecular flexibility index (Phi) is 5.20. The van der Waals surface area contributed by atoms with Crippen molar-refractivity contribution in [2.24, 2.45) is 0 Å². The molecular weight excluding hydrogens is 370 g/mol. The molecule has 148 valence electrons. The summed E-state index contributed by atoms with van der Waals surface area (Å²) in [6.07, 6.45) is 3.28. The van der Waals surface area contributed by atoms with Crippen LogP contribution in [0.25, 0.3) is 0 Å². The molecule has 0 bridgehead atoms. The van der Waals surface area contributed by atoms with Gasteiger partial charge in [0.15, 0.2) is 11.5 Å². The number of ether oxygens (including phenoxy) is 3. The minimum Gasteiger partial charge on any atom is -0.491 e. The van der Waals surface area contributed by atoms with Gasteiger partial charge in [0.25, 0.3) is 5.91 Å². The summed E-state index contributed by atoms with van der Waals surface area (Å²) in [6, 6.07) is 14.5. The average Bonchev–Trinajstić information content (AvgIpc) is 3.17. The molecule has 29 heavy (non-hydrogen) atoms. The maximum absolute atomic E-state index is 12.6. The lowest BCUT2D eigenvalue weighted by Gasteiger charge is -2.11. The molecule has 2 N–H and O–H groups in total. The zero-order valence-electron chi connectivity index (χ0n) is 16.1. The van der Waals surface area contributed by atoms with Gasteiger partial charge in [0, 0.05) is 23.6 Å². The number of hydrogen-bond acceptors (Lipinski definition) is 6. The Morgan fingerprint density at radius 2 is 1.72 bits per heavy atom. The number of aromatic nitrogens is 1. The van der Waals surface area contributed by atoms with Gasteiger partial charge in [0.05, 0.1) is 23.6 Å². The van der Waals surface area contributed by atoms with Gasteiger partial charge in [-0.1, -0.05) is 0 Å². The Morgan fingerprint density at radius 3 is 2.52 bits per heavy atom. The highest BCUT2D eigenvalue weighted by molar-refractivity contribution is 6.04. The number of pyridine rings is 1. The van der Waals surface area contributed by atoms with E-state index >= 15 is 0 Å². The Hall–Kier alpha value is -3.74. The first-order valence-corrected chi connectivity index (χ1v) is 9.26. The molecule has 0 aliphatic carbocycles. The van der Waals surface area contributed by atoms with Gasteiger partial charge in [-0.2, -0.15) is 0 Å². The van der Waals surface area contributed by atoms with Gasteiger partial charge in [-0.05, 0) is 56.3 Å². The third-order valence-electron chi connectivity index (χ3n) is 4.15. The molecule has 0 spiro atoms. The third kappa shape index (κ3) is 4.57. The molecule has 0 saturated heterocycles. The molecule has 2 heterocycles. The standard InChI is InChI=1S/C22H21N3O4/c1-14(2)29-19-6-3-16(4-7-19)25-22(26)15-9-18(12-23-11-15)24-17-5-8-20-21(10-17)28-13-27-20/h3-12,14,24H,13H2,1-2H3,(H,25,26). The van der Waals surface area contributed by atoms with Gasteiger partial charge in [-0.25, -0.2) is 0 Å². The van der Waals surface area contributed by atoms with Gasteiger partial charge in [0.1, 0.15) is 5.75 Å². The van der Waals surface area contributed by atoms with Crippen molar-refractivity contribution in [3.8, 4) is 17.2 Å². The molecule has 2 aromatic carbocycles. The topological polar surface area (TPSA) is 81.7 Å². The van der Waals surface area contributed by atoms with E-state index in [9.17, 15) is 4.79 Å². The Morgan fingerprint density at radius 1 is 0.966 bits per heavy atom. The summed E-state index contributed by atoms with van der Waals surface area (Å²) in [5.74, 6) is 1.91. The van der Waals surface area contributed by atoms with Gasteiger partial charge in [-0.3, -0.25) is 9.78 Å². The summed E-state index contributed by atoms with van der Waals surface area (Å²) in [5.41, 5.74) is 2.63. The molecule has 0 radical (unpaired) electrons. The Labute approximate surface area is 168 Å². The molecule has 4 rings (SSSR count). The molecule has 0 atom stereocenters.